The van der Waals surface area contributed by atoms with Crippen LogP contribution in [0.2, 0.25) is 0 Å². The van der Waals surface area contributed by atoms with Gasteiger partial charge in [-0.1, -0.05) is 36.8 Å². The van der Waals surface area contributed by atoms with Gasteiger partial charge in [0.15, 0.2) is 0 Å². The van der Waals surface area contributed by atoms with Gasteiger partial charge < -0.3 is 15.0 Å². The molecular formula is C26H22N2O2. The van der Waals surface area contributed by atoms with Crippen molar-refractivity contribution in [2.24, 2.45) is 0 Å². The maximum Gasteiger partial charge on any atom is 0.252 e. The van der Waals surface area contributed by atoms with Gasteiger partial charge in [0.1, 0.15) is 11.5 Å². The Hall–Kier alpha value is -3.97. The predicted molar refractivity (Wildman–Crippen MR) is 121 cm³/mol. The van der Waals surface area contributed by atoms with Crippen LogP contribution in [0.15, 0.2) is 60.7 Å². The lowest BCUT2D eigenvalue weighted by molar-refractivity contribution is 0.0958. The zero-order chi connectivity index (χ0) is 21.3. The maximum absolute atomic E-state index is 12.2. The minimum atomic E-state index is -0.186. The van der Waals surface area contributed by atoms with Crippen LogP contribution in [0.4, 0.5) is 5.69 Å². The van der Waals surface area contributed by atoms with Crippen LogP contribution in [0, 0.1) is 12.3 Å². The van der Waals surface area contributed by atoms with Crippen molar-refractivity contribution in [3.63, 3.8) is 0 Å². The molecule has 0 radical (unpaired) electrons. The minimum Gasteiger partial charge on any atom is -0.456 e. The van der Waals surface area contributed by atoms with Gasteiger partial charge in [0.05, 0.1) is 6.54 Å². The average Bonchev–Trinajstić information content (AvgIpc) is 2.75. The highest BCUT2D eigenvalue weighted by molar-refractivity contribution is 5.95. The Morgan fingerprint density at radius 2 is 1.83 bits per heavy atom. The van der Waals surface area contributed by atoms with E-state index in [2.05, 4.69) is 29.9 Å². The molecule has 1 amide bonds. The lowest BCUT2D eigenvalue weighted by Gasteiger charge is -2.23. The number of hydrogen-bond acceptors (Lipinski definition) is 3. The summed E-state index contributed by atoms with van der Waals surface area (Å²) in [6.07, 6.45) is 5.22. The van der Waals surface area contributed by atoms with Gasteiger partial charge in [-0.15, -0.1) is 6.42 Å². The molecule has 0 unspecified atom stereocenters. The van der Waals surface area contributed by atoms with Gasteiger partial charge in [-0.2, -0.15) is 0 Å². The Morgan fingerprint density at radius 3 is 2.53 bits per heavy atom. The fourth-order valence-electron chi connectivity index (χ4n) is 3.53. The summed E-state index contributed by atoms with van der Waals surface area (Å²) in [6, 6.07) is 19.7. The average molecular weight is 394 g/mol. The molecule has 0 atom stereocenters. The quantitative estimate of drug-likeness (QED) is 0.541. The van der Waals surface area contributed by atoms with E-state index in [4.69, 9.17) is 11.2 Å². The first-order valence-corrected chi connectivity index (χ1v) is 9.63. The Bertz CT molecular complexity index is 1280. The molecule has 4 nitrogen and oxygen atoms in total. The van der Waals surface area contributed by atoms with Gasteiger partial charge in [-0.25, -0.2) is 0 Å². The predicted octanol–water partition coefficient (Wildman–Crippen LogP) is 2.88. The fraction of sp³-hybridized carbons (Fsp3) is 0.115. The number of carbonyl (C=O) groups is 1. The van der Waals surface area contributed by atoms with Crippen molar-refractivity contribution < 1.29 is 9.53 Å². The number of terminal acetylenes is 1. The third-order valence-corrected chi connectivity index (χ3v) is 5.07. The molecule has 0 saturated carbocycles. The molecule has 1 N–H and O–H groups in total. The second kappa shape index (κ2) is 7.81. The summed E-state index contributed by atoms with van der Waals surface area (Å²) < 4.78 is 6.24. The number of ether oxygens (including phenoxy) is 1. The van der Waals surface area contributed by atoms with Crippen LogP contribution < -0.4 is 25.4 Å². The zero-order valence-corrected chi connectivity index (χ0v) is 17.0. The molecule has 3 aromatic rings. The molecule has 148 valence electrons. The molecule has 0 saturated heterocycles. The van der Waals surface area contributed by atoms with Gasteiger partial charge in [0.2, 0.25) is 0 Å². The normalized spacial score (nSPS) is 11.6. The number of fused-ring (bicyclic) bond motifs is 2. The van der Waals surface area contributed by atoms with Crippen molar-refractivity contribution in [2.45, 2.75) is 0 Å². The van der Waals surface area contributed by atoms with Gasteiger partial charge in [0.25, 0.3) is 5.91 Å². The van der Waals surface area contributed by atoms with E-state index in [0.717, 1.165) is 44.3 Å². The Balaban J connectivity index is 1.87. The molecule has 4 heteroatoms. The molecule has 0 spiro atoms. The number of anilines is 1. The van der Waals surface area contributed by atoms with Crippen LogP contribution in [0.5, 0.6) is 11.5 Å². The number of benzene rings is 3. The molecule has 30 heavy (non-hydrogen) atoms. The summed E-state index contributed by atoms with van der Waals surface area (Å²) in [5.74, 6) is 3.80. The molecule has 0 aliphatic carbocycles. The van der Waals surface area contributed by atoms with E-state index in [9.17, 15) is 4.79 Å². The first-order valence-electron chi connectivity index (χ1n) is 9.63. The molecule has 1 aliphatic rings. The van der Waals surface area contributed by atoms with Crippen LogP contribution in [-0.4, -0.2) is 26.5 Å². The van der Waals surface area contributed by atoms with Crippen molar-refractivity contribution in [3.8, 4) is 23.8 Å². The Labute approximate surface area is 176 Å². The second-order valence-corrected chi connectivity index (χ2v) is 7.35. The third-order valence-electron chi connectivity index (χ3n) is 5.07. The highest BCUT2D eigenvalue weighted by atomic mass is 16.5. The standard InChI is InChI=1S/C26H22N2O2/c1-5-14-27-26(29)19-9-7-18(8-10-19)25-21-12-6-17(2)15-23(21)30-24-16-20(28(3)4)11-13-22(24)25/h1,6-13,15-16H,2,14H2,3-4H3,(H,27,29). The van der Waals surface area contributed by atoms with E-state index in [1.165, 1.54) is 0 Å². The highest BCUT2D eigenvalue weighted by Gasteiger charge is 2.21. The van der Waals surface area contributed by atoms with Crippen LogP contribution in [0.25, 0.3) is 12.2 Å². The van der Waals surface area contributed by atoms with Gasteiger partial charge in [-0.05, 0) is 41.1 Å². The molecule has 3 aromatic carbocycles. The summed E-state index contributed by atoms with van der Waals surface area (Å²) in [6.45, 7) is 4.23. The Kier molecular flexibility index (Phi) is 5.04. The smallest absolute Gasteiger partial charge is 0.252 e. The largest absolute Gasteiger partial charge is 0.456 e. The SMILES string of the molecule is C#CCNC(=O)c1ccc(C2=c3ccc(=C)cc3Oc3cc(N(C)C)ccc32)cc1. The van der Waals surface area contributed by atoms with Crippen LogP contribution in [0.3, 0.4) is 0 Å². The molecule has 1 heterocycles. The van der Waals surface area contributed by atoms with Gasteiger partial charge >= 0.3 is 0 Å². The number of nitrogens with one attached hydrogen (secondary N) is 1. The number of nitrogens with zero attached hydrogens (tertiary/aromatic N) is 1. The van der Waals surface area contributed by atoms with E-state index < -0.39 is 0 Å². The molecule has 0 bridgehead atoms. The van der Waals surface area contributed by atoms with Gasteiger partial charge in [0, 0.05) is 47.8 Å². The summed E-state index contributed by atoms with van der Waals surface area (Å²) in [7, 11) is 4.00. The Morgan fingerprint density at radius 1 is 1.07 bits per heavy atom. The maximum atomic E-state index is 12.2. The number of amides is 1. The first-order chi connectivity index (χ1) is 14.5. The third kappa shape index (κ3) is 3.54. The number of rotatable bonds is 4. The second-order valence-electron chi connectivity index (χ2n) is 7.35. The van der Waals surface area contributed by atoms with Crippen LogP contribution in [0.1, 0.15) is 21.5 Å². The summed E-state index contributed by atoms with van der Waals surface area (Å²) in [4.78, 5) is 14.2. The molecular weight excluding hydrogens is 372 g/mol. The van der Waals surface area contributed by atoms with Crippen molar-refractivity contribution in [2.75, 3.05) is 25.5 Å². The van der Waals surface area contributed by atoms with E-state index >= 15 is 0 Å². The molecule has 4 rings (SSSR count). The summed E-state index contributed by atoms with van der Waals surface area (Å²) >= 11 is 0. The van der Waals surface area contributed by atoms with Crippen molar-refractivity contribution in [1.29, 1.82) is 0 Å². The van der Waals surface area contributed by atoms with Gasteiger partial charge in [-0.3, -0.25) is 4.79 Å². The summed E-state index contributed by atoms with van der Waals surface area (Å²) in [5.41, 5.74) is 4.70. The lowest BCUT2D eigenvalue weighted by atomic mass is 9.92. The van der Waals surface area contributed by atoms with Crippen molar-refractivity contribution >= 4 is 23.7 Å². The van der Waals surface area contributed by atoms with Crippen molar-refractivity contribution in [1.82, 2.24) is 5.32 Å². The van der Waals surface area contributed by atoms with E-state index in [1.807, 2.05) is 67.5 Å². The van der Waals surface area contributed by atoms with Crippen LogP contribution >= 0.6 is 0 Å². The molecule has 0 aromatic heterocycles. The topological polar surface area (TPSA) is 41.6 Å². The van der Waals surface area contributed by atoms with Crippen LogP contribution in [-0.2, 0) is 0 Å². The zero-order valence-electron chi connectivity index (χ0n) is 17.0. The van der Waals surface area contributed by atoms with Crippen molar-refractivity contribution in [3.05, 3.63) is 87.8 Å². The molecule has 0 fully saturated rings. The van der Waals surface area contributed by atoms with E-state index in [-0.39, 0.29) is 12.5 Å². The summed E-state index contributed by atoms with van der Waals surface area (Å²) in [5, 5.41) is 4.58. The molecule has 1 aliphatic heterocycles. The first kappa shape index (κ1) is 19.4. The van der Waals surface area contributed by atoms with E-state index in [1.54, 1.807) is 0 Å². The number of carbonyl (C=O) groups excluding carboxylic acids is 1. The lowest BCUT2D eigenvalue weighted by Crippen LogP contribution is -2.23. The minimum absolute atomic E-state index is 0.186. The monoisotopic (exact) mass is 394 g/mol. The fourth-order valence-corrected chi connectivity index (χ4v) is 3.53. The van der Waals surface area contributed by atoms with E-state index in [0.29, 0.717) is 5.56 Å². The number of hydrogen-bond donors (Lipinski definition) is 1. The highest BCUT2D eigenvalue weighted by Crippen LogP contribution is 2.37.